The standard InChI is InChI=1S/C42H60N2O16S3/c1-41(17-9-29-61(47,48)49)34-30-32(62(50,51)52)14-16-37(34)44(20-22-58-25-26-60-28-27-59-24-23-57-4)38(41)10-8-11-39-42(2,18-21-56-3)35-31-33(63(53,54)55)13-15-36(35)43(39)19-7-5-6-12-40(45)46/h8,10-11,13-16,30-31H,5-7,9,12,17-29H2,1-4H3,(H3-,45,46,47,48,49,50,51,52,53,54,55). The van der Waals surface area contributed by atoms with Crippen LogP contribution in [0.3, 0.4) is 0 Å². The first kappa shape index (κ1) is 52.0. The van der Waals surface area contributed by atoms with Crippen molar-refractivity contribution in [3.63, 3.8) is 0 Å². The Hall–Kier alpha value is -3.61. The molecule has 0 bridgehead atoms. The number of hydrogen-bond acceptors (Lipinski definition) is 14. The second-order valence-electron chi connectivity index (χ2n) is 15.7. The summed E-state index contributed by atoms with van der Waals surface area (Å²) >= 11 is 0. The Morgan fingerprint density at radius 3 is 1.92 bits per heavy atom. The number of aliphatic carboxylic acids is 1. The van der Waals surface area contributed by atoms with Crippen molar-refractivity contribution in [2.75, 3.05) is 90.8 Å². The smallest absolute Gasteiger partial charge is 0.303 e. The number of benzene rings is 2. The number of rotatable bonds is 29. The Bertz CT molecular complexity index is 2330. The van der Waals surface area contributed by atoms with E-state index in [4.69, 9.17) is 23.7 Å². The summed E-state index contributed by atoms with van der Waals surface area (Å²) in [5.41, 5.74) is 1.79. The maximum absolute atomic E-state index is 12.4. The fourth-order valence-electron chi connectivity index (χ4n) is 8.09. The van der Waals surface area contributed by atoms with Crippen molar-refractivity contribution in [1.82, 2.24) is 0 Å². The van der Waals surface area contributed by atoms with E-state index in [-0.39, 0.29) is 55.4 Å². The van der Waals surface area contributed by atoms with Crippen LogP contribution in [-0.2, 0) is 69.7 Å². The molecule has 4 rings (SSSR count). The summed E-state index contributed by atoms with van der Waals surface area (Å²) in [6.07, 6.45) is 7.57. The third-order valence-corrected chi connectivity index (χ3v) is 13.8. The normalized spacial score (nSPS) is 19.7. The highest BCUT2D eigenvalue weighted by molar-refractivity contribution is 7.86. The first-order chi connectivity index (χ1) is 29.7. The zero-order valence-corrected chi connectivity index (χ0v) is 38.6. The van der Waals surface area contributed by atoms with Crippen LogP contribution in [0.1, 0.15) is 69.9 Å². The van der Waals surface area contributed by atoms with Gasteiger partial charge in [0.05, 0.1) is 65.0 Å². The van der Waals surface area contributed by atoms with Crippen LogP contribution >= 0.6 is 0 Å². The number of nitrogens with zero attached hydrogens (tertiary/aromatic N) is 2. The van der Waals surface area contributed by atoms with Gasteiger partial charge in [-0.2, -0.15) is 21.4 Å². The van der Waals surface area contributed by atoms with Gasteiger partial charge in [-0.15, -0.1) is 0 Å². The van der Waals surface area contributed by atoms with Crippen LogP contribution in [-0.4, -0.2) is 146 Å². The Morgan fingerprint density at radius 1 is 0.746 bits per heavy atom. The molecule has 2 aliphatic rings. The molecule has 0 spiro atoms. The second-order valence-corrected chi connectivity index (χ2v) is 20.1. The molecule has 2 aromatic rings. The van der Waals surface area contributed by atoms with E-state index in [1.54, 1.807) is 32.4 Å². The Labute approximate surface area is 370 Å². The minimum Gasteiger partial charge on any atom is -0.748 e. The molecule has 0 saturated carbocycles. The van der Waals surface area contributed by atoms with Crippen LogP contribution in [0.4, 0.5) is 11.4 Å². The topological polar surface area (TPSA) is 256 Å². The number of carbonyl (C=O) groups is 1. The molecule has 0 aromatic heterocycles. The number of carboxylic acids is 1. The lowest BCUT2D eigenvalue weighted by Crippen LogP contribution is -2.33. The first-order valence-corrected chi connectivity index (χ1v) is 25.0. The van der Waals surface area contributed by atoms with E-state index in [2.05, 4.69) is 0 Å². The molecule has 2 atom stereocenters. The molecular formula is C42H60N2O16S3. The number of fused-ring (bicyclic) bond motifs is 2. The van der Waals surface area contributed by atoms with Crippen LogP contribution in [0.2, 0.25) is 0 Å². The van der Waals surface area contributed by atoms with E-state index in [0.29, 0.717) is 93.5 Å². The lowest BCUT2D eigenvalue weighted by atomic mass is 9.75. The summed E-state index contributed by atoms with van der Waals surface area (Å²) in [6.45, 7) is 7.12. The minimum absolute atomic E-state index is 0.0119. The van der Waals surface area contributed by atoms with Crippen molar-refractivity contribution in [1.29, 1.82) is 0 Å². The molecule has 63 heavy (non-hydrogen) atoms. The van der Waals surface area contributed by atoms with Crippen LogP contribution in [0, 0.1) is 0 Å². The molecule has 21 heteroatoms. The quantitative estimate of drug-likeness (QED) is 0.0578. The van der Waals surface area contributed by atoms with Gasteiger partial charge in [-0.25, -0.2) is 8.42 Å². The van der Waals surface area contributed by atoms with Gasteiger partial charge >= 0.3 is 5.97 Å². The molecule has 0 amide bonds. The highest BCUT2D eigenvalue weighted by Crippen LogP contribution is 2.51. The fourth-order valence-corrected chi connectivity index (χ4v) is 9.61. The molecule has 2 aromatic carbocycles. The SMILES string of the molecule is COCCOCCOCCOCC[N+]1=C(C=CC=C2N(CCCCCC(=O)O)c3ccc(S(=O)(=O)O)cc3C2(C)CCOC)C(C)(CCCS(=O)(=O)[O-])c2cc(S(=O)(=O)O)ccc21. The second kappa shape index (κ2) is 23.0. The van der Waals surface area contributed by atoms with Crippen molar-refractivity contribution in [2.45, 2.75) is 79.4 Å². The van der Waals surface area contributed by atoms with Crippen LogP contribution in [0.25, 0.3) is 0 Å². The molecule has 0 aliphatic carbocycles. The molecule has 2 aliphatic heterocycles. The summed E-state index contributed by atoms with van der Waals surface area (Å²) in [4.78, 5) is 12.6. The maximum atomic E-state index is 12.4. The summed E-state index contributed by atoms with van der Waals surface area (Å²) in [5.74, 6) is -1.56. The third kappa shape index (κ3) is 14.2. The van der Waals surface area contributed by atoms with E-state index in [0.717, 1.165) is 5.70 Å². The Morgan fingerprint density at radius 2 is 1.33 bits per heavy atom. The molecule has 3 N–H and O–H groups in total. The van der Waals surface area contributed by atoms with Crippen LogP contribution < -0.4 is 4.90 Å². The average molecular weight is 945 g/mol. The molecule has 18 nitrogen and oxygen atoms in total. The number of hydrogen-bond donors (Lipinski definition) is 3. The summed E-state index contributed by atoms with van der Waals surface area (Å²) in [6, 6.07) is 8.58. The van der Waals surface area contributed by atoms with E-state index in [1.807, 2.05) is 35.5 Å². The van der Waals surface area contributed by atoms with Gasteiger partial charge in [-0.05, 0) is 87.9 Å². The fraction of sp³-hybridized carbons (Fsp3) is 0.571. The Kier molecular flexibility index (Phi) is 19.0. The zero-order valence-electron chi connectivity index (χ0n) is 36.2. The van der Waals surface area contributed by atoms with Gasteiger partial charge in [0.25, 0.3) is 20.2 Å². The van der Waals surface area contributed by atoms with E-state index >= 15 is 0 Å². The van der Waals surface area contributed by atoms with Gasteiger partial charge in [0.15, 0.2) is 12.3 Å². The van der Waals surface area contributed by atoms with Gasteiger partial charge in [-0.1, -0.05) is 12.5 Å². The molecule has 2 unspecified atom stereocenters. The van der Waals surface area contributed by atoms with Gasteiger partial charge in [0.1, 0.15) is 6.61 Å². The number of unbranched alkanes of at least 4 members (excludes halogenated alkanes) is 2. The number of carboxylic acid groups (broad SMARTS) is 1. The molecule has 0 fully saturated rings. The largest absolute Gasteiger partial charge is 0.748 e. The lowest BCUT2D eigenvalue weighted by molar-refractivity contribution is -0.442. The highest BCUT2D eigenvalue weighted by atomic mass is 32.2. The average Bonchev–Trinajstić information content (AvgIpc) is 3.57. The van der Waals surface area contributed by atoms with Gasteiger partial charge in [-0.3, -0.25) is 13.9 Å². The predicted molar refractivity (Wildman–Crippen MR) is 232 cm³/mol. The highest BCUT2D eigenvalue weighted by Gasteiger charge is 2.48. The number of methoxy groups -OCH3 is 2. The van der Waals surface area contributed by atoms with Crippen molar-refractivity contribution >= 4 is 53.4 Å². The number of allylic oxidation sites excluding steroid dienone is 4. The van der Waals surface area contributed by atoms with Crippen LogP contribution in [0.5, 0.6) is 0 Å². The van der Waals surface area contributed by atoms with E-state index in [1.165, 1.54) is 24.3 Å². The van der Waals surface area contributed by atoms with Gasteiger partial charge < -0.3 is 38.2 Å². The lowest BCUT2D eigenvalue weighted by Gasteiger charge is -2.30. The molecule has 0 radical (unpaired) electrons. The molecule has 0 saturated heterocycles. The van der Waals surface area contributed by atoms with E-state index in [9.17, 15) is 48.8 Å². The minimum atomic E-state index is -4.65. The van der Waals surface area contributed by atoms with Crippen LogP contribution in [0.15, 0.2) is 70.1 Å². The summed E-state index contributed by atoms with van der Waals surface area (Å²) < 4.78 is 134. The first-order valence-electron chi connectivity index (χ1n) is 20.6. The third-order valence-electron chi connectivity index (χ3n) is 11.3. The van der Waals surface area contributed by atoms with Gasteiger partial charge in [0.2, 0.25) is 5.69 Å². The summed E-state index contributed by atoms with van der Waals surface area (Å²) in [5, 5.41) is 9.19. The number of ether oxygens (including phenoxy) is 5. The summed E-state index contributed by atoms with van der Waals surface area (Å²) in [7, 11) is -10.7. The predicted octanol–water partition coefficient (Wildman–Crippen LogP) is 4.46. The van der Waals surface area contributed by atoms with Crippen molar-refractivity contribution in [3.8, 4) is 0 Å². The monoisotopic (exact) mass is 944 g/mol. The molecule has 352 valence electrons. The molecular weight excluding hydrogens is 885 g/mol. The number of anilines is 1. The zero-order chi connectivity index (χ0) is 46.5. The van der Waals surface area contributed by atoms with Crippen molar-refractivity contribution < 1.29 is 77.1 Å². The van der Waals surface area contributed by atoms with Crippen molar-refractivity contribution in [2.24, 2.45) is 0 Å². The van der Waals surface area contributed by atoms with Crippen molar-refractivity contribution in [3.05, 3.63) is 71.5 Å². The van der Waals surface area contributed by atoms with E-state index < -0.39 is 52.9 Å². The molecule has 2 heterocycles. The van der Waals surface area contributed by atoms with Gasteiger partial charge in [0, 0.05) is 74.1 Å². The maximum Gasteiger partial charge on any atom is 0.303 e. The Balaban J connectivity index is 1.80.